The molecule has 2 aromatic heterocycles. The second-order valence-electron chi connectivity index (χ2n) is 12.4. The highest BCUT2D eigenvalue weighted by Gasteiger charge is 2.46. The predicted molar refractivity (Wildman–Crippen MR) is 162 cm³/mol. The fraction of sp³-hybridized carbons (Fsp3) is 0.424. The van der Waals surface area contributed by atoms with Gasteiger partial charge in [-0.2, -0.15) is 0 Å². The standard InChI is InChI=1S/C33H36FN7O3/c1-21(38-30(42)28-8-9-36-32(39-28)41-12-10-40(11-13-41)31(43)25-17-44-18-25)22-2-4-23(5-3-22)29(27-7-6-26(34)16-37-27)24-14-33(15-24)19-35-20-33/h2-9,16,21,25,35H,10-15,17-20H2,1H3,(H,38,42)/t21-/m1/s1. The number of allylic oxidation sites excluding steroid dienone is 1. The van der Waals surface area contributed by atoms with E-state index in [1.54, 1.807) is 18.3 Å². The largest absolute Gasteiger partial charge is 0.380 e. The number of halogens is 1. The minimum absolute atomic E-state index is 0.0195. The van der Waals surface area contributed by atoms with Gasteiger partial charge < -0.3 is 25.2 Å². The molecule has 1 aromatic carbocycles. The first-order valence-corrected chi connectivity index (χ1v) is 15.3. The molecule has 3 saturated heterocycles. The van der Waals surface area contributed by atoms with Gasteiger partial charge in [0, 0.05) is 56.5 Å². The number of carbonyl (C=O) groups is 2. The second kappa shape index (κ2) is 11.7. The van der Waals surface area contributed by atoms with E-state index in [1.807, 2.05) is 28.9 Å². The summed E-state index contributed by atoms with van der Waals surface area (Å²) in [6.07, 6.45) is 4.91. The number of amides is 2. The molecule has 1 atom stereocenters. The lowest BCUT2D eigenvalue weighted by Gasteiger charge is -2.52. The molecule has 1 aliphatic carbocycles. The number of aromatic nitrogens is 3. The van der Waals surface area contributed by atoms with Gasteiger partial charge >= 0.3 is 0 Å². The normalized spacial score (nSPS) is 19.9. The fourth-order valence-corrected chi connectivity index (χ4v) is 6.50. The lowest BCUT2D eigenvalue weighted by atomic mass is 9.60. The van der Waals surface area contributed by atoms with Crippen LogP contribution in [0, 0.1) is 17.2 Å². The van der Waals surface area contributed by atoms with Gasteiger partial charge in [0.05, 0.1) is 37.1 Å². The van der Waals surface area contributed by atoms with Crippen LogP contribution in [0.25, 0.3) is 5.57 Å². The number of benzene rings is 1. The van der Waals surface area contributed by atoms with E-state index < -0.39 is 0 Å². The summed E-state index contributed by atoms with van der Waals surface area (Å²) in [5.41, 5.74) is 5.84. The topological polar surface area (TPSA) is 113 Å². The third-order valence-corrected chi connectivity index (χ3v) is 9.30. The third-order valence-electron chi connectivity index (χ3n) is 9.30. The smallest absolute Gasteiger partial charge is 0.270 e. The number of anilines is 1. The van der Waals surface area contributed by atoms with Crippen LogP contribution < -0.4 is 15.5 Å². The SMILES string of the molecule is C[C@@H](NC(=O)c1ccnc(N2CCN(C(=O)C3COC3)CC2)n1)c1ccc(C(=C2CC3(CNC3)C2)c2ccc(F)cn2)cc1. The molecule has 2 amide bonds. The van der Waals surface area contributed by atoms with Crippen molar-refractivity contribution in [2.75, 3.05) is 57.4 Å². The Balaban J connectivity index is 1.00. The summed E-state index contributed by atoms with van der Waals surface area (Å²) in [6, 6.07) is 12.7. The average Bonchev–Trinajstić information content (AvgIpc) is 2.98. The van der Waals surface area contributed by atoms with E-state index in [9.17, 15) is 14.0 Å². The maximum Gasteiger partial charge on any atom is 0.270 e. The predicted octanol–water partition coefficient (Wildman–Crippen LogP) is 2.98. The van der Waals surface area contributed by atoms with Crippen molar-refractivity contribution in [3.63, 3.8) is 0 Å². The minimum atomic E-state index is -0.351. The highest BCUT2D eigenvalue weighted by Crippen LogP contribution is 2.51. The van der Waals surface area contributed by atoms with Crippen molar-refractivity contribution in [3.05, 3.63) is 88.8 Å². The third kappa shape index (κ3) is 5.57. The average molecular weight is 598 g/mol. The lowest BCUT2D eigenvalue weighted by Crippen LogP contribution is -2.58. The van der Waals surface area contributed by atoms with E-state index in [-0.39, 0.29) is 29.6 Å². The van der Waals surface area contributed by atoms with Gasteiger partial charge in [0.2, 0.25) is 11.9 Å². The summed E-state index contributed by atoms with van der Waals surface area (Å²) in [5, 5.41) is 6.44. The van der Waals surface area contributed by atoms with Crippen LogP contribution in [0.3, 0.4) is 0 Å². The van der Waals surface area contributed by atoms with Crippen LogP contribution in [-0.4, -0.2) is 84.1 Å². The van der Waals surface area contributed by atoms with Gasteiger partial charge in [0.15, 0.2) is 0 Å². The Morgan fingerprint density at radius 2 is 1.75 bits per heavy atom. The zero-order valence-corrected chi connectivity index (χ0v) is 24.8. The summed E-state index contributed by atoms with van der Waals surface area (Å²) >= 11 is 0. The van der Waals surface area contributed by atoms with Crippen LogP contribution in [-0.2, 0) is 9.53 Å². The van der Waals surface area contributed by atoms with Crippen molar-refractivity contribution in [1.29, 1.82) is 0 Å². The second-order valence-corrected chi connectivity index (χ2v) is 12.4. The number of piperazine rings is 1. The van der Waals surface area contributed by atoms with Crippen molar-refractivity contribution in [2.45, 2.75) is 25.8 Å². The Morgan fingerprint density at radius 3 is 2.36 bits per heavy atom. The molecule has 4 aliphatic rings. The van der Waals surface area contributed by atoms with Crippen LogP contribution in [0.4, 0.5) is 10.3 Å². The molecule has 1 spiro atoms. The lowest BCUT2D eigenvalue weighted by molar-refractivity contribution is -0.150. The van der Waals surface area contributed by atoms with Crippen molar-refractivity contribution in [2.24, 2.45) is 11.3 Å². The Labute approximate surface area is 255 Å². The molecule has 1 saturated carbocycles. The fourth-order valence-electron chi connectivity index (χ4n) is 6.50. The van der Waals surface area contributed by atoms with Gasteiger partial charge in [-0.1, -0.05) is 29.8 Å². The number of hydrogen-bond acceptors (Lipinski definition) is 8. The van der Waals surface area contributed by atoms with Crippen LogP contribution in [0.1, 0.15) is 53.1 Å². The van der Waals surface area contributed by atoms with E-state index in [0.717, 1.165) is 48.3 Å². The molecule has 5 heterocycles. The highest BCUT2D eigenvalue weighted by atomic mass is 19.1. The molecule has 4 fully saturated rings. The Bertz CT molecular complexity index is 1570. The van der Waals surface area contributed by atoms with Gasteiger partial charge in [0.25, 0.3) is 5.91 Å². The molecule has 0 radical (unpaired) electrons. The van der Waals surface area contributed by atoms with Gasteiger partial charge in [-0.25, -0.2) is 14.4 Å². The van der Waals surface area contributed by atoms with E-state index in [2.05, 4.69) is 37.7 Å². The molecule has 44 heavy (non-hydrogen) atoms. The van der Waals surface area contributed by atoms with Crippen LogP contribution in [0.5, 0.6) is 0 Å². The summed E-state index contributed by atoms with van der Waals surface area (Å²) in [5.74, 6) is -0.0184. The Kier molecular flexibility index (Phi) is 7.59. The van der Waals surface area contributed by atoms with Crippen LogP contribution >= 0.6 is 0 Å². The van der Waals surface area contributed by atoms with Crippen LogP contribution in [0.15, 0.2) is 60.4 Å². The Hall–Kier alpha value is -4.22. The molecular formula is C33H36FN7O3. The van der Waals surface area contributed by atoms with E-state index >= 15 is 0 Å². The maximum atomic E-state index is 13.7. The molecule has 10 nitrogen and oxygen atoms in total. The van der Waals surface area contributed by atoms with Crippen LogP contribution in [0.2, 0.25) is 0 Å². The number of hydrogen-bond donors (Lipinski definition) is 2. The molecule has 2 N–H and O–H groups in total. The monoisotopic (exact) mass is 597 g/mol. The van der Waals surface area contributed by atoms with Gasteiger partial charge in [-0.15, -0.1) is 0 Å². The van der Waals surface area contributed by atoms with E-state index in [4.69, 9.17) is 4.74 Å². The quantitative estimate of drug-likeness (QED) is 0.428. The maximum absolute atomic E-state index is 13.7. The molecule has 3 aliphatic heterocycles. The first-order chi connectivity index (χ1) is 21.4. The summed E-state index contributed by atoms with van der Waals surface area (Å²) in [4.78, 5) is 42.9. The van der Waals surface area contributed by atoms with E-state index in [0.29, 0.717) is 56.5 Å². The molecule has 0 bridgehead atoms. The summed E-state index contributed by atoms with van der Waals surface area (Å²) < 4.78 is 18.8. The number of nitrogens with one attached hydrogen (secondary N) is 2. The number of pyridine rings is 1. The first kappa shape index (κ1) is 28.5. The van der Waals surface area contributed by atoms with Crippen molar-refractivity contribution in [1.82, 2.24) is 30.5 Å². The number of ether oxygens (including phenoxy) is 1. The van der Waals surface area contributed by atoms with Gasteiger partial charge in [0.1, 0.15) is 11.5 Å². The van der Waals surface area contributed by atoms with Crippen molar-refractivity contribution in [3.8, 4) is 0 Å². The van der Waals surface area contributed by atoms with Crippen molar-refractivity contribution >= 4 is 23.3 Å². The highest BCUT2D eigenvalue weighted by molar-refractivity contribution is 5.92. The molecule has 3 aromatic rings. The molecular weight excluding hydrogens is 561 g/mol. The summed E-state index contributed by atoms with van der Waals surface area (Å²) in [7, 11) is 0. The molecule has 7 rings (SSSR count). The van der Waals surface area contributed by atoms with E-state index in [1.165, 1.54) is 17.8 Å². The molecule has 228 valence electrons. The first-order valence-electron chi connectivity index (χ1n) is 15.3. The minimum Gasteiger partial charge on any atom is -0.380 e. The zero-order chi connectivity index (χ0) is 30.3. The van der Waals surface area contributed by atoms with Crippen molar-refractivity contribution < 1.29 is 18.7 Å². The van der Waals surface area contributed by atoms with Gasteiger partial charge in [-0.3, -0.25) is 14.6 Å². The number of nitrogens with zero attached hydrogens (tertiary/aromatic N) is 5. The number of carbonyl (C=O) groups excluding carboxylic acids is 2. The summed E-state index contributed by atoms with van der Waals surface area (Å²) in [6.45, 7) is 7.44. The molecule has 0 unspecified atom stereocenters. The van der Waals surface area contributed by atoms with Gasteiger partial charge in [-0.05, 0) is 49.1 Å². The molecule has 11 heteroatoms. The number of rotatable bonds is 7. The zero-order valence-electron chi connectivity index (χ0n) is 24.8. The Morgan fingerprint density at radius 1 is 1.00 bits per heavy atom.